The van der Waals surface area contributed by atoms with Gasteiger partial charge in [-0.1, -0.05) is 0 Å². The van der Waals surface area contributed by atoms with Crippen molar-refractivity contribution in [3.8, 4) is 5.69 Å². The van der Waals surface area contributed by atoms with Crippen LogP contribution in [-0.4, -0.2) is 47.9 Å². The Morgan fingerprint density at radius 3 is 2.64 bits per heavy atom. The molecule has 2 heterocycles. The van der Waals surface area contributed by atoms with Gasteiger partial charge in [-0.05, 0) is 55.4 Å². The van der Waals surface area contributed by atoms with Gasteiger partial charge in [0, 0.05) is 31.6 Å². The van der Waals surface area contributed by atoms with Gasteiger partial charge in [-0.15, -0.1) is 0 Å². The van der Waals surface area contributed by atoms with Crippen molar-refractivity contribution in [3.63, 3.8) is 0 Å². The van der Waals surface area contributed by atoms with Gasteiger partial charge in [-0.2, -0.15) is 0 Å². The van der Waals surface area contributed by atoms with Gasteiger partial charge in [-0.3, -0.25) is 14.7 Å². The lowest BCUT2D eigenvalue weighted by molar-refractivity contribution is -0.122. The van der Waals surface area contributed by atoms with Crippen LogP contribution in [0.15, 0.2) is 34.2 Å². The summed E-state index contributed by atoms with van der Waals surface area (Å²) in [7, 11) is 3.22. The molecule has 0 atom stereocenters. The van der Waals surface area contributed by atoms with Gasteiger partial charge < -0.3 is 9.30 Å². The van der Waals surface area contributed by atoms with Crippen molar-refractivity contribution in [3.05, 3.63) is 57.8 Å². The summed E-state index contributed by atoms with van der Waals surface area (Å²) in [5.74, 6) is -1.40. The average Bonchev–Trinajstić information content (AvgIpc) is 3.10. The van der Waals surface area contributed by atoms with E-state index in [2.05, 4.69) is 4.99 Å². The summed E-state index contributed by atoms with van der Waals surface area (Å²) in [6.07, 6.45) is 1.78. The molecule has 0 N–H and O–H groups in total. The number of methoxy groups -OCH3 is 1. The van der Waals surface area contributed by atoms with Crippen LogP contribution in [0.25, 0.3) is 11.8 Å². The van der Waals surface area contributed by atoms with Gasteiger partial charge in [-0.25, -0.2) is 8.78 Å². The van der Waals surface area contributed by atoms with Crippen molar-refractivity contribution in [1.82, 2.24) is 9.47 Å². The number of aromatic nitrogens is 1. The van der Waals surface area contributed by atoms with E-state index in [4.69, 9.17) is 4.74 Å². The molecule has 1 aliphatic heterocycles. The summed E-state index contributed by atoms with van der Waals surface area (Å²) in [6, 6.07) is 5.37. The fourth-order valence-corrected chi connectivity index (χ4v) is 4.12. The number of benzene rings is 1. The number of amidine groups is 1. The molecule has 0 bridgehead atoms. The van der Waals surface area contributed by atoms with Crippen molar-refractivity contribution in [1.29, 1.82) is 0 Å². The van der Waals surface area contributed by atoms with Crippen LogP contribution in [0.4, 0.5) is 8.78 Å². The third kappa shape index (κ3) is 3.74. The summed E-state index contributed by atoms with van der Waals surface area (Å²) in [5, 5.41) is 0.617. The number of aryl methyl sites for hydroxylation is 1. The van der Waals surface area contributed by atoms with Gasteiger partial charge >= 0.3 is 0 Å². The van der Waals surface area contributed by atoms with E-state index in [1.165, 1.54) is 23.9 Å². The molecule has 28 heavy (non-hydrogen) atoms. The number of ether oxygens (including phenoxy) is 1. The Morgan fingerprint density at radius 1 is 1.25 bits per heavy atom. The van der Waals surface area contributed by atoms with Crippen LogP contribution in [0, 0.1) is 25.5 Å². The van der Waals surface area contributed by atoms with Gasteiger partial charge in [0.25, 0.3) is 5.91 Å². The number of hydrogen-bond acceptors (Lipinski definition) is 4. The van der Waals surface area contributed by atoms with E-state index in [0.29, 0.717) is 23.2 Å². The fraction of sp³-hybridized carbons (Fsp3) is 0.300. The Morgan fingerprint density at radius 2 is 2.00 bits per heavy atom. The number of nitrogens with zero attached hydrogens (tertiary/aromatic N) is 3. The van der Waals surface area contributed by atoms with Crippen molar-refractivity contribution in [2.24, 2.45) is 4.99 Å². The van der Waals surface area contributed by atoms with Crippen LogP contribution >= 0.6 is 11.8 Å². The Kier molecular flexibility index (Phi) is 6.00. The predicted molar refractivity (Wildman–Crippen MR) is 108 cm³/mol. The lowest BCUT2D eigenvalue weighted by Gasteiger charge is -2.13. The van der Waals surface area contributed by atoms with Crippen molar-refractivity contribution < 1.29 is 18.3 Å². The number of hydrogen-bond donors (Lipinski definition) is 0. The first kappa shape index (κ1) is 20.3. The monoisotopic (exact) mass is 405 g/mol. The molecule has 0 spiro atoms. The molecule has 0 saturated carbocycles. The molecule has 3 rings (SSSR count). The molecule has 2 aromatic rings. The molecule has 1 aliphatic rings. The first-order valence-corrected chi connectivity index (χ1v) is 9.50. The second-order valence-electron chi connectivity index (χ2n) is 6.32. The van der Waals surface area contributed by atoms with E-state index in [-0.39, 0.29) is 11.6 Å². The van der Waals surface area contributed by atoms with Crippen molar-refractivity contribution >= 4 is 28.9 Å². The normalized spacial score (nSPS) is 17.4. The molecule has 8 heteroatoms. The minimum Gasteiger partial charge on any atom is -0.383 e. The summed E-state index contributed by atoms with van der Waals surface area (Å²) in [4.78, 5) is 19.0. The average molecular weight is 405 g/mol. The number of thioether (sulfide) groups is 1. The van der Waals surface area contributed by atoms with Gasteiger partial charge in [0.15, 0.2) is 5.17 Å². The van der Waals surface area contributed by atoms with E-state index >= 15 is 0 Å². The van der Waals surface area contributed by atoms with E-state index in [1.807, 2.05) is 19.9 Å². The number of carbonyl (C=O) groups excluding carboxylic acids is 1. The van der Waals surface area contributed by atoms with E-state index in [9.17, 15) is 13.6 Å². The third-order valence-corrected chi connectivity index (χ3v) is 5.60. The lowest BCUT2D eigenvalue weighted by Crippen LogP contribution is -2.32. The van der Waals surface area contributed by atoms with E-state index < -0.39 is 11.6 Å². The Bertz CT molecular complexity index is 982. The molecule has 1 aromatic carbocycles. The molecular weight excluding hydrogens is 384 g/mol. The summed E-state index contributed by atoms with van der Waals surface area (Å²) in [6.45, 7) is 4.51. The molecule has 0 unspecified atom stereocenters. The summed E-state index contributed by atoms with van der Waals surface area (Å²) in [5.41, 5.74) is 2.60. The predicted octanol–water partition coefficient (Wildman–Crippen LogP) is 3.92. The standard InChI is InChI=1S/C20H21F2N3O2S/c1-12-9-14(13(2)25(12)17-6-5-15(21)11-16(17)22)10-18-19(26)24(7-8-27-4)20(23-3)28-18/h5-6,9-11H,7-8H2,1-4H3/b18-10-,23-20?. The van der Waals surface area contributed by atoms with Crippen molar-refractivity contribution in [2.75, 3.05) is 27.3 Å². The fourth-order valence-electron chi connectivity index (χ4n) is 3.16. The molecule has 148 valence electrons. The molecule has 1 fully saturated rings. The van der Waals surface area contributed by atoms with E-state index in [0.717, 1.165) is 23.0 Å². The number of carbonyl (C=O) groups is 1. The first-order valence-electron chi connectivity index (χ1n) is 8.69. The number of halogens is 2. The first-order chi connectivity index (χ1) is 13.4. The highest BCUT2D eigenvalue weighted by Gasteiger charge is 2.32. The molecule has 0 radical (unpaired) electrons. The molecule has 1 saturated heterocycles. The van der Waals surface area contributed by atoms with Crippen LogP contribution in [0.5, 0.6) is 0 Å². The van der Waals surface area contributed by atoms with E-state index in [1.54, 1.807) is 29.7 Å². The van der Waals surface area contributed by atoms with Crippen LogP contribution in [0.1, 0.15) is 17.0 Å². The highest BCUT2D eigenvalue weighted by molar-refractivity contribution is 8.18. The second kappa shape index (κ2) is 8.28. The second-order valence-corrected chi connectivity index (χ2v) is 7.33. The lowest BCUT2D eigenvalue weighted by atomic mass is 10.2. The maximum absolute atomic E-state index is 14.3. The molecule has 5 nitrogen and oxygen atoms in total. The number of amides is 1. The Hall–Kier alpha value is -2.45. The van der Waals surface area contributed by atoms with Crippen LogP contribution in [-0.2, 0) is 9.53 Å². The topological polar surface area (TPSA) is 46.8 Å². The van der Waals surface area contributed by atoms with Gasteiger partial charge in [0.1, 0.15) is 11.6 Å². The summed E-state index contributed by atoms with van der Waals surface area (Å²) >= 11 is 1.30. The Balaban J connectivity index is 1.99. The zero-order valence-electron chi connectivity index (χ0n) is 16.1. The number of rotatable bonds is 5. The largest absolute Gasteiger partial charge is 0.383 e. The van der Waals surface area contributed by atoms with Gasteiger partial charge in [0.2, 0.25) is 0 Å². The van der Waals surface area contributed by atoms with Crippen LogP contribution in [0.2, 0.25) is 0 Å². The van der Waals surface area contributed by atoms with Gasteiger partial charge in [0.05, 0.1) is 23.7 Å². The molecule has 1 aromatic heterocycles. The maximum atomic E-state index is 14.3. The Labute approximate surface area is 166 Å². The molecular formula is C20H21F2N3O2S. The van der Waals surface area contributed by atoms with Crippen LogP contribution < -0.4 is 0 Å². The highest BCUT2D eigenvalue weighted by atomic mass is 32.2. The van der Waals surface area contributed by atoms with Crippen LogP contribution in [0.3, 0.4) is 0 Å². The maximum Gasteiger partial charge on any atom is 0.266 e. The SMILES string of the molecule is CN=C1S/C(=C\c2cc(C)n(-c3ccc(F)cc3F)c2C)C(=O)N1CCOC. The smallest absolute Gasteiger partial charge is 0.266 e. The molecule has 1 amide bonds. The minimum absolute atomic E-state index is 0.139. The minimum atomic E-state index is -0.640. The summed E-state index contributed by atoms with van der Waals surface area (Å²) < 4.78 is 34.3. The zero-order valence-corrected chi connectivity index (χ0v) is 16.9. The quantitative estimate of drug-likeness (QED) is 0.709. The highest BCUT2D eigenvalue weighted by Crippen LogP contribution is 2.34. The van der Waals surface area contributed by atoms with Crippen molar-refractivity contribution in [2.45, 2.75) is 13.8 Å². The third-order valence-electron chi connectivity index (χ3n) is 4.51. The number of aliphatic imine (C=N–C) groups is 1. The molecule has 0 aliphatic carbocycles. The zero-order chi connectivity index (χ0) is 20.4.